The van der Waals surface area contributed by atoms with E-state index >= 15 is 0 Å². The number of rotatable bonds is 8. The average molecular weight is 465 g/mol. The van der Waals surface area contributed by atoms with Crippen LogP contribution in [0.4, 0.5) is 0 Å². The highest BCUT2D eigenvalue weighted by molar-refractivity contribution is 7.99. The van der Waals surface area contributed by atoms with Crippen molar-refractivity contribution < 1.29 is 4.79 Å². The number of carbonyl (C=O) groups excluding carboxylic acids is 1. The molecule has 0 spiro atoms. The van der Waals surface area contributed by atoms with Crippen molar-refractivity contribution in [2.24, 2.45) is 5.92 Å². The van der Waals surface area contributed by atoms with Crippen LogP contribution in [0.25, 0.3) is 11.0 Å². The van der Waals surface area contributed by atoms with Gasteiger partial charge in [0.25, 0.3) is 5.56 Å². The molecule has 2 aromatic carbocycles. The number of amides is 1. The molecule has 174 valence electrons. The number of thioether (sulfide) groups is 1. The number of hydrogen-bond acceptors (Lipinski definition) is 5. The Balaban J connectivity index is 1.23. The van der Waals surface area contributed by atoms with Crippen molar-refractivity contribution in [3.8, 4) is 0 Å². The van der Waals surface area contributed by atoms with Gasteiger partial charge >= 0.3 is 0 Å². The number of nitrogens with zero attached hydrogens (tertiary/aromatic N) is 3. The third-order valence-corrected chi connectivity index (χ3v) is 7.25. The minimum absolute atomic E-state index is 0.0421. The number of para-hydroxylation sites is 2. The summed E-state index contributed by atoms with van der Waals surface area (Å²) in [5.41, 5.74) is 4.12. The van der Waals surface area contributed by atoms with E-state index in [1.807, 2.05) is 31.2 Å². The van der Waals surface area contributed by atoms with Crippen molar-refractivity contribution in [1.82, 2.24) is 19.8 Å². The molecule has 0 bridgehead atoms. The van der Waals surface area contributed by atoms with Crippen LogP contribution in [0.3, 0.4) is 0 Å². The second-order valence-corrected chi connectivity index (χ2v) is 9.72. The van der Waals surface area contributed by atoms with Crippen LogP contribution in [-0.2, 0) is 17.9 Å². The maximum Gasteiger partial charge on any atom is 0.283 e. The minimum atomic E-state index is -0.130. The number of hydrogen-bond donors (Lipinski definition) is 1. The summed E-state index contributed by atoms with van der Waals surface area (Å²) in [5, 5.41) is 3.45. The summed E-state index contributed by atoms with van der Waals surface area (Å²) in [5.74, 6) is 0.667. The smallest absolute Gasteiger partial charge is 0.283 e. The van der Waals surface area contributed by atoms with Gasteiger partial charge in [-0.25, -0.2) is 4.98 Å². The van der Waals surface area contributed by atoms with Crippen molar-refractivity contribution >= 4 is 28.7 Å². The number of fused-ring (bicyclic) bond motifs is 1. The van der Waals surface area contributed by atoms with Crippen molar-refractivity contribution in [3.05, 3.63) is 70.0 Å². The van der Waals surface area contributed by atoms with E-state index in [2.05, 4.69) is 46.4 Å². The number of nitrogens with one attached hydrogen (secondary N) is 1. The highest BCUT2D eigenvalue weighted by Crippen LogP contribution is 2.19. The molecule has 0 saturated carbocycles. The van der Waals surface area contributed by atoms with Crippen LogP contribution in [0.15, 0.2) is 58.4 Å². The van der Waals surface area contributed by atoms with E-state index in [9.17, 15) is 9.59 Å². The third kappa shape index (κ3) is 6.03. The minimum Gasteiger partial charge on any atom is -0.355 e. The second-order valence-electron chi connectivity index (χ2n) is 8.75. The van der Waals surface area contributed by atoms with Gasteiger partial charge in [-0.3, -0.25) is 14.5 Å². The molecular formula is C26H32N4O2S. The predicted molar refractivity (Wildman–Crippen MR) is 135 cm³/mol. The molecule has 0 atom stereocenters. The lowest BCUT2D eigenvalue weighted by molar-refractivity contribution is -0.118. The Labute approximate surface area is 199 Å². The Bertz CT molecular complexity index is 1150. The van der Waals surface area contributed by atoms with Crippen molar-refractivity contribution in [1.29, 1.82) is 0 Å². The second kappa shape index (κ2) is 11.0. The van der Waals surface area contributed by atoms with Crippen LogP contribution < -0.4 is 10.9 Å². The first kappa shape index (κ1) is 23.5. The van der Waals surface area contributed by atoms with Crippen LogP contribution in [0.2, 0.25) is 0 Å². The summed E-state index contributed by atoms with van der Waals surface area (Å²) in [7, 11) is 0. The fourth-order valence-corrected chi connectivity index (χ4v) is 5.09. The molecule has 1 amide bonds. The first-order chi connectivity index (χ1) is 16.0. The summed E-state index contributed by atoms with van der Waals surface area (Å²) in [6.45, 7) is 8.43. The molecule has 0 aliphatic carbocycles. The van der Waals surface area contributed by atoms with Gasteiger partial charge in [0.15, 0.2) is 5.03 Å². The number of likely N-dealkylation sites (tertiary alicyclic amines) is 1. The largest absolute Gasteiger partial charge is 0.355 e. The molecule has 3 aromatic rings. The summed E-state index contributed by atoms with van der Waals surface area (Å²) in [6.07, 6.45) is 2.18. The third-order valence-electron chi connectivity index (χ3n) is 6.30. The van der Waals surface area contributed by atoms with E-state index in [-0.39, 0.29) is 17.2 Å². The summed E-state index contributed by atoms with van der Waals surface area (Å²) in [6, 6.07) is 16.4. The van der Waals surface area contributed by atoms with Gasteiger partial charge < -0.3 is 9.88 Å². The molecule has 7 heteroatoms. The van der Waals surface area contributed by atoms with Crippen LogP contribution in [-0.4, -0.2) is 45.7 Å². The molecule has 1 saturated heterocycles. The van der Waals surface area contributed by atoms with E-state index in [0.717, 1.165) is 43.5 Å². The standard InChI is InChI=1S/C26H32N4O2S/c1-3-30-23-7-5-4-6-22(23)28-25(26(30)32)33-18-24(31)27-16-20-12-14-29(15-13-20)17-21-10-8-19(2)9-11-21/h4-11,20H,3,12-18H2,1-2H3,(H,27,31). The van der Waals surface area contributed by atoms with Gasteiger partial charge in [0, 0.05) is 19.6 Å². The molecular weight excluding hydrogens is 432 g/mol. The Kier molecular flexibility index (Phi) is 7.83. The van der Waals surface area contributed by atoms with Crippen LogP contribution in [0.1, 0.15) is 30.9 Å². The van der Waals surface area contributed by atoms with E-state index in [1.165, 1.54) is 22.9 Å². The Morgan fingerprint density at radius 2 is 1.85 bits per heavy atom. The molecule has 0 unspecified atom stereocenters. The quantitative estimate of drug-likeness (QED) is 0.513. The maximum atomic E-state index is 12.8. The van der Waals surface area contributed by atoms with E-state index < -0.39 is 0 Å². The molecule has 1 aromatic heterocycles. The highest BCUT2D eigenvalue weighted by atomic mass is 32.2. The van der Waals surface area contributed by atoms with Crippen molar-refractivity contribution in [3.63, 3.8) is 0 Å². The van der Waals surface area contributed by atoms with Crippen molar-refractivity contribution in [2.75, 3.05) is 25.4 Å². The van der Waals surface area contributed by atoms with Gasteiger partial charge in [0.05, 0.1) is 16.8 Å². The van der Waals surface area contributed by atoms with Crippen molar-refractivity contribution in [2.45, 2.75) is 44.8 Å². The molecule has 4 rings (SSSR count). The molecule has 0 radical (unpaired) electrons. The Morgan fingerprint density at radius 3 is 2.58 bits per heavy atom. The number of piperidine rings is 1. The van der Waals surface area contributed by atoms with Gasteiger partial charge in [0.2, 0.25) is 5.91 Å². The van der Waals surface area contributed by atoms with E-state index in [4.69, 9.17) is 0 Å². The number of carbonyl (C=O) groups is 1. The van der Waals surface area contributed by atoms with Gasteiger partial charge in [-0.05, 0) is 63.4 Å². The summed E-state index contributed by atoms with van der Waals surface area (Å²) < 4.78 is 1.72. The zero-order valence-corrected chi connectivity index (χ0v) is 20.2. The summed E-state index contributed by atoms with van der Waals surface area (Å²) in [4.78, 5) is 32.2. The van der Waals surface area contributed by atoms with Gasteiger partial charge in [0.1, 0.15) is 0 Å². The fraction of sp³-hybridized carbons (Fsp3) is 0.423. The SMILES string of the molecule is CCn1c(=O)c(SCC(=O)NCC2CCN(Cc3ccc(C)cc3)CC2)nc2ccccc21. The molecule has 1 aliphatic heterocycles. The Hall–Kier alpha value is -2.64. The van der Waals surface area contributed by atoms with Gasteiger partial charge in [-0.2, -0.15) is 0 Å². The lowest BCUT2D eigenvalue weighted by Gasteiger charge is -2.32. The highest BCUT2D eigenvalue weighted by Gasteiger charge is 2.20. The van der Waals surface area contributed by atoms with Crippen LogP contribution in [0, 0.1) is 12.8 Å². The lowest BCUT2D eigenvalue weighted by Crippen LogP contribution is -2.38. The lowest BCUT2D eigenvalue weighted by atomic mass is 9.96. The number of benzene rings is 2. The predicted octanol–water partition coefficient (Wildman–Crippen LogP) is 3.85. The topological polar surface area (TPSA) is 67.2 Å². The van der Waals surface area contributed by atoms with Gasteiger partial charge in [-0.15, -0.1) is 0 Å². The maximum absolute atomic E-state index is 12.8. The normalized spacial score (nSPS) is 15.1. The fourth-order valence-electron chi connectivity index (χ4n) is 4.32. The van der Waals surface area contributed by atoms with E-state index in [1.54, 1.807) is 4.57 Å². The zero-order valence-electron chi connectivity index (χ0n) is 19.4. The summed E-state index contributed by atoms with van der Waals surface area (Å²) >= 11 is 1.22. The van der Waals surface area contributed by atoms with Crippen LogP contribution in [0.5, 0.6) is 0 Å². The number of aromatic nitrogens is 2. The zero-order chi connectivity index (χ0) is 23.2. The molecule has 1 aliphatic rings. The average Bonchev–Trinajstić information content (AvgIpc) is 2.84. The monoisotopic (exact) mass is 464 g/mol. The van der Waals surface area contributed by atoms with Gasteiger partial charge in [-0.1, -0.05) is 53.7 Å². The van der Waals surface area contributed by atoms with E-state index in [0.29, 0.717) is 24.0 Å². The first-order valence-electron chi connectivity index (χ1n) is 11.7. The molecule has 6 nitrogen and oxygen atoms in total. The Morgan fingerprint density at radius 1 is 1.12 bits per heavy atom. The molecule has 2 heterocycles. The molecule has 33 heavy (non-hydrogen) atoms. The number of aryl methyl sites for hydroxylation is 2. The van der Waals surface area contributed by atoms with Crippen LogP contribution >= 0.6 is 11.8 Å². The first-order valence-corrected chi connectivity index (χ1v) is 12.7. The molecule has 1 N–H and O–H groups in total. The molecule has 1 fully saturated rings.